The lowest BCUT2D eigenvalue weighted by Gasteiger charge is -2.24. The number of aliphatic carboxylic acids is 1. The van der Waals surface area contributed by atoms with E-state index in [4.69, 9.17) is 9.84 Å². The highest BCUT2D eigenvalue weighted by Crippen LogP contribution is 2.15. The average molecular weight is 295 g/mol. The van der Waals surface area contributed by atoms with Crippen molar-refractivity contribution >= 4 is 18.0 Å². The van der Waals surface area contributed by atoms with Crippen molar-refractivity contribution in [3.8, 4) is 0 Å². The molecule has 0 saturated heterocycles. The van der Waals surface area contributed by atoms with Crippen molar-refractivity contribution in [3.63, 3.8) is 0 Å². The molecule has 0 fully saturated rings. The second kappa shape index (κ2) is 7.54. The summed E-state index contributed by atoms with van der Waals surface area (Å²) in [5.41, 5.74) is 0.336. The number of ether oxygens (including phenoxy) is 1. The molecule has 0 saturated carbocycles. The zero-order valence-corrected chi connectivity index (χ0v) is 12.2. The normalized spacial score (nSPS) is 12.4. The molecule has 0 aromatic heterocycles. The molecule has 6 heteroatoms. The first-order valence-corrected chi connectivity index (χ1v) is 6.33. The number of halogens is 1. The van der Waals surface area contributed by atoms with Crippen LogP contribution in [0, 0.1) is 5.82 Å². The number of hydrogen-bond donors (Lipinski definition) is 1. The maximum Gasteiger partial charge on any atom is 0.328 e. The summed E-state index contributed by atoms with van der Waals surface area (Å²) in [5, 5.41) is 8.58. The van der Waals surface area contributed by atoms with Gasteiger partial charge in [0.15, 0.2) is 0 Å². The Morgan fingerprint density at radius 2 is 2.14 bits per heavy atom. The van der Waals surface area contributed by atoms with Gasteiger partial charge in [0.25, 0.3) is 5.91 Å². The fraction of sp³-hybridized carbons (Fsp3) is 0.333. The quantitative estimate of drug-likeness (QED) is 0.815. The number of rotatable bonds is 6. The number of carbonyl (C=O) groups excluding carboxylic acids is 1. The number of carbonyl (C=O) groups is 2. The zero-order valence-electron chi connectivity index (χ0n) is 12.2. The molecule has 0 radical (unpaired) electrons. The first kappa shape index (κ1) is 16.8. The molecule has 1 aromatic rings. The van der Waals surface area contributed by atoms with E-state index in [0.717, 1.165) is 12.1 Å². The van der Waals surface area contributed by atoms with E-state index in [1.165, 1.54) is 30.2 Å². The molecule has 1 unspecified atom stereocenters. The molecule has 0 aliphatic heterocycles. The Balaban J connectivity index is 3.03. The Hall–Kier alpha value is -2.21. The highest BCUT2D eigenvalue weighted by atomic mass is 19.1. The topological polar surface area (TPSA) is 66.8 Å². The molecule has 5 nitrogen and oxygen atoms in total. The van der Waals surface area contributed by atoms with Crippen LogP contribution in [0.3, 0.4) is 0 Å². The third-order valence-corrected chi connectivity index (χ3v) is 3.03. The lowest BCUT2D eigenvalue weighted by Crippen LogP contribution is -2.38. The standard InChI is InChI=1S/C15H18FNO4/c1-10(9-21-3)17(2)15(20)12-8-11(4-6-13(12)16)5-7-14(18)19/h4-8,10H,9H2,1-3H3,(H,18,19). The van der Waals surface area contributed by atoms with E-state index < -0.39 is 17.7 Å². The van der Waals surface area contributed by atoms with Gasteiger partial charge in [-0.05, 0) is 30.7 Å². The SMILES string of the molecule is COCC(C)N(C)C(=O)c1cc(C=CC(=O)O)ccc1F. The monoisotopic (exact) mass is 295 g/mol. The smallest absolute Gasteiger partial charge is 0.328 e. The second-order valence-corrected chi connectivity index (χ2v) is 4.63. The lowest BCUT2D eigenvalue weighted by atomic mass is 10.1. The number of hydrogen-bond acceptors (Lipinski definition) is 3. The van der Waals surface area contributed by atoms with Crippen LogP contribution in [-0.2, 0) is 9.53 Å². The Morgan fingerprint density at radius 1 is 1.48 bits per heavy atom. The summed E-state index contributed by atoms with van der Waals surface area (Å²) in [7, 11) is 3.08. The lowest BCUT2D eigenvalue weighted by molar-refractivity contribution is -0.131. The van der Waals surface area contributed by atoms with E-state index in [1.54, 1.807) is 14.0 Å². The van der Waals surface area contributed by atoms with Crippen molar-refractivity contribution in [2.75, 3.05) is 20.8 Å². The second-order valence-electron chi connectivity index (χ2n) is 4.63. The van der Waals surface area contributed by atoms with Gasteiger partial charge in [0.05, 0.1) is 18.2 Å². The molecule has 0 bridgehead atoms. The predicted octanol–water partition coefficient (Wildman–Crippen LogP) is 2.03. The maximum atomic E-state index is 13.8. The summed E-state index contributed by atoms with van der Waals surface area (Å²) in [6.45, 7) is 2.12. The minimum Gasteiger partial charge on any atom is -0.478 e. The van der Waals surface area contributed by atoms with E-state index >= 15 is 0 Å². The van der Waals surface area contributed by atoms with Crippen molar-refractivity contribution in [2.45, 2.75) is 13.0 Å². The average Bonchev–Trinajstić information content (AvgIpc) is 2.45. The maximum absolute atomic E-state index is 13.8. The van der Waals surface area contributed by atoms with Gasteiger partial charge < -0.3 is 14.7 Å². The molecule has 21 heavy (non-hydrogen) atoms. The molecule has 0 aliphatic carbocycles. The predicted molar refractivity (Wildman–Crippen MR) is 76.5 cm³/mol. The van der Waals surface area contributed by atoms with Crippen molar-refractivity contribution in [3.05, 3.63) is 41.2 Å². The van der Waals surface area contributed by atoms with Gasteiger partial charge in [0.2, 0.25) is 0 Å². The van der Waals surface area contributed by atoms with E-state index in [2.05, 4.69) is 0 Å². The summed E-state index contributed by atoms with van der Waals surface area (Å²) in [4.78, 5) is 24.1. The molecule has 1 N–H and O–H groups in total. The summed E-state index contributed by atoms with van der Waals surface area (Å²) in [6, 6.07) is 3.67. The van der Waals surface area contributed by atoms with Crippen molar-refractivity contribution in [1.29, 1.82) is 0 Å². The van der Waals surface area contributed by atoms with Crippen LogP contribution in [0.2, 0.25) is 0 Å². The zero-order chi connectivity index (χ0) is 16.0. The van der Waals surface area contributed by atoms with Gasteiger partial charge in [0.1, 0.15) is 5.82 Å². The largest absolute Gasteiger partial charge is 0.478 e. The molecule has 0 heterocycles. The number of amides is 1. The number of carboxylic acids is 1. The van der Waals surface area contributed by atoms with Crippen LogP contribution in [-0.4, -0.2) is 48.7 Å². The number of methoxy groups -OCH3 is 1. The van der Waals surface area contributed by atoms with E-state index in [-0.39, 0.29) is 11.6 Å². The van der Waals surface area contributed by atoms with Gasteiger partial charge >= 0.3 is 5.97 Å². The summed E-state index contributed by atoms with van der Waals surface area (Å²) >= 11 is 0. The van der Waals surface area contributed by atoms with Crippen LogP contribution in [0.1, 0.15) is 22.8 Å². The van der Waals surface area contributed by atoms with E-state index in [1.807, 2.05) is 0 Å². The highest BCUT2D eigenvalue weighted by Gasteiger charge is 2.20. The first-order chi connectivity index (χ1) is 9.86. The third-order valence-electron chi connectivity index (χ3n) is 3.03. The van der Waals surface area contributed by atoms with Crippen LogP contribution in [0.25, 0.3) is 6.08 Å². The molecule has 1 aromatic carbocycles. The third kappa shape index (κ3) is 4.68. The minimum atomic E-state index is -1.11. The summed E-state index contributed by atoms with van der Waals surface area (Å²) < 4.78 is 18.8. The van der Waals surface area contributed by atoms with E-state index in [0.29, 0.717) is 12.2 Å². The van der Waals surface area contributed by atoms with Crippen LogP contribution in [0.4, 0.5) is 4.39 Å². The number of likely N-dealkylation sites (N-methyl/N-ethyl adjacent to an activating group) is 1. The van der Waals surface area contributed by atoms with Crippen LogP contribution in [0.15, 0.2) is 24.3 Å². The number of benzene rings is 1. The van der Waals surface area contributed by atoms with Crippen molar-refractivity contribution in [2.24, 2.45) is 0 Å². The van der Waals surface area contributed by atoms with Crippen LogP contribution < -0.4 is 0 Å². The van der Waals surface area contributed by atoms with Gasteiger partial charge in [-0.25, -0.2) is 9.18 Å². The van der Waals surface area contributed by atoms with Gasteiger partial charge in [-0.3, -0.25) is 4.79 Å². The van der Waals surface area contributed by atoms with Gasteiger partial charge in [-0.1, -0.05) is 6.07 Å². The summed E-state index contributed by atoms with van der Waals surface area (Å²) in [6.07, 6.45) is 2.23. The molecule has 1 amide bonds. The number of carboxylic acid groups (broad SMARTS) is 1. The van der Waals surface area contributed by atoms with Crippen molar-refractivity contribution in [1.82, 2.24) is 4.90 Å². The van der Waals surface area contributed by atoms with Crippen LogP contribution in [0.5, 0.6) is 0 Å². The molecule has 1 rings (SSSR count). The Labute approximate surface area is 122 Å². The van der Waals surface area contributed by atoms with Gasteiger partial charge in [-0.15, -0.1) is 0 Å². The Bertz CT molecular complexity index is 557. The molecule has 1 atom stereocenters. The van der Waals surface area contributed by atoms with E-state index in [9.17, 15) is 14.0 Å². The van der Waals surface area contributed by atoms with Crippen molar-refractivity contribution < 1.29 is 23.8 Å². The minimum absolute atomic E-state index is 0.104. The summed E-state index contributed by atoms with van der Waals surface area (Å²) in [5.74, 6) is -2.25. The Morgan fingerprint density at radius 3 is 2.71 bits per heavy atom. The van der Waals surface area contributed by atoms with Crippen LogP contribution >= 0.6 is 0 Å². The molecule has 114 valence electrons. The molecular formula is C15H18FNO4. The van der Waals surface area contributed by atoms with Gasteiger partial charge in [0, 0.05) is 20.2 Å². The first-order valence-electron chi connectivity index (χ1n) is 6.33. The number of nitrogens with zero attached hydrogens (tertiary/aromatic N) is 1. The van der Waals surface area contributed by atoms with Gasteiger partial charge in [-0.2, -0.15) is 0 Å². The highest BCUT2D eigenvalue weighted by molar-refractivity contribution is 5.95. The molecule has 0 spiro atoms. The fourth-order valence-electron chi connectivity index (χ4n) is 1.72. The molecule has 0 aliphatic rings. The fourth-order valence-corrected chi connectivity index (χ4v) is 1.72. The molecular weight excluding hydrogens is 277 g/mol. The Kier molecular flexibility index (Phi) is 6.05.